The number of hydrogen-bond donors (Lipinski definition) is 0. The van der Waals surface area contributed by atoms with Crippen LogP contribution < -0.4 is 0 Å². The van der Waals surface area contributed by atoms with Gasteiger partial charge in [-0.25, -0.2) is 4.79 Å². The molecule has 0 N–H and O–H groups in total. The second-order valence-electron chi connectivity index (χ2n) is 6.98. The summed E-state index contributed by atoms with van der Waals surface area (Å²) in [4.78, 5) is 61.9. The van der Waals surface area contributed by atoms with E-state index in [1.54, 1.807) is 0 Å². The first kappa shape index (κ1) is 18.8. The molecular weight excluding hydrogens is 376 g/mol. The van der Waals surface area contributed by atoms with Crippen LogP contribution in [0.25, 0.3) is 0 Å². The molecular formula is C17H20N2O9. The van der Waals surface area contributed by atoms with Crippen molar-refractivity contribution < 1.29 is 42.9 Å². The Morgan fingerprint density at radius 1 is 0.714 bits per heavy atom. The van der Waals surface area contributed by atoms with Gasteiger partial charge in [0.2, 0.25) is 23.6 Å². The monoisotopic (exact) mass is 396 g/mol. The fourth-order valence-corrected chi connectivity index (χ4v) is 3.86. The lowest BCUT2D eigenvalue weighted by molar-refractivity contribution is -0.159. The molecule has 0 unspecified atom stereocenters. The van der Waals surface area contributed by atoms with Gasteiger partial charge in [0, 0.05) is 38.5 Å². The fourth-order valence-electron chi connectivity index (χ4n) is 3.86. The zero-order valence-electron chi connectivity index (χ0n) is 15.0. The molecule has 11 nitrogen and oxygen atoms in total. The van der Waals surface area contributed by atoms with Crippen LogP contribution in [0.5, 0.6) is 0 Å². The minimum atomic E-state index is -1.03. The molecule has 28 heavy (non-hydrogen) atoms. The van der Waals surface area contributed by atoms with Crippen molar-refractivity contribution in [1.29, 1.82) is 0 Å². The van der Waals surface area contributed by atoms with Crippen molar-refractivity contribution in [1.82, 2.24) is 9.80 Å². The Morgan fingerprint density at radius 3 is 1.43 bits per heavy atom. The maximum Gasteiger partial charge on any atom is 0.509 e. The molecule has 0 aliphatic carbocycles. The van der Waals surface area contributed by atoms with Crippen LogP contribution in [0.2, 0.25) is 0 Å². The van der Waals surface area contributed by atoms with Gasteiger partial charge in [0.1, 0.15) is 0 Å². The average molecular weight is 396 g/mol. The van der Waals surface area contributed by atoms with Gasteiger partial charge in [-0.05, 0) is 0 Å². The smallest absolute Gasteiger partial charge is 0.426 e. The van der Waals surface area contributed by atoms with Crippen LogP contribution >= 0.6 is 0 Å². The summed E-state index contributed by atoms with van der Waals surface area (Å²) >= 11 is 0. The first-order chi connectivity index (χ1) is 13.5. The molecule has 0 aromatic carbocycles. The van der Waals surface area contributed by atoms with Crippen LogP contribution in [-0.2, 0) is 38.1 Å². The van der Waals surface area contributed by atoms with Crippen LogP contribution in [0.1, 0.15) is 38.5 Å². The molecule has 4 fully saturated rings. The van der Waals surface area contributed by atoms with Crippen molar-refractivity contribution in [2.24, 2.45) is 0 Å². The van der Waals surface area contributed by atoms with Crippen molar-refractivity contribution >= 4 is 29.8 Å². The molecule has 4 aliphatic rings. The summed E-state index contributed by atoms with van der Waals surface area (Å²) in [6.07, 6.45) is -3.59. The molecule has 0 bridgehead atoms. The summed E-state index contributed by atoms with van der Waals surface area (Å²) in [5, 5.41) is 0. The van der Waals surface area contributed by atoms with Crippen molar-refractivity contribution in [3.63, 3.8) is 0 Å². The van der Waals surface area contributed by atoms with E-state index in [0.29, 0.717) is 12.8 Å². The lowest BCUT2D eigenvalue weighted by atomic mass is 10.2. The summed E-state index contributed by atoms with van der Waals surface area (Å²) in [5.41, 5.74) is 0. The van der Waals surface area contributed by atoms with Crippen LogP contribution in [0.15, 0.2) is 0 Å². The van der Waals surface area contributed by atoms with Crippen molar-refractivity contribution in [2.45, 2.75) is 63.2 Å². The Labute approximate surface area is 159 Å². The lowest BCUT2D eigenvalue weighted by Gasteiger charge is -2.28. The van der Waals surface area contributed by atoms with Crippen molar-refractivity contribution in [3.05, 3.63) is 0 Å². The highest BCUT2D eigenvalue weighted by Crippen LogP contribution is 2.29. The molecule has 4 amide bonds. The Hall–Kier alpha value is -2.53. The van der Waals surface area contributed by atoms with Gasteiger partial charge in [0.15, 0.2) is 24.7 Å². The van der Waals surface area contributed by atoms with Gasteiger partial charge < -0.3 is 18.9 Å². The topological polar surface area (TPSA) is 129 Å². The van der Waals surface area contributed by atoms with Crippen LogP contribution in [0.4, 0.5) is 4.79 Å². The van der Waals surface area contributed by atoms with Gasteiger partial charge in [0.25, 0.3) is 0 Å². The van der Waals surface area contributed by atoms with Gasteiger partial charge in [-0.3, -0.25) is 29.0 Å². The normalized spacial score (nSPS) is 33.3. The van der Waals surface area contributed by atoms with Crippen molar-refractivity contribution in [2.75, 3.05) is 13.2 Å². The summed E-state index contributed by atoms with van der Waals surface area (Å²) in [5.74, 6) is -1.47. The maximum absolute atomic E-state index is 12.3. The molecule has 4 rings (SSSR count). The molecule has 4 heterocycles. The van der Waals surface area contributed by atoms with Gasteiger partial charge in [-0.2, -0.15) is 0 Å². The largest absolute Gasteiger partial charge is 0.509 e. The maximum atomic E-state index is 12.3. The Bertz CT molecular complexity index is 633. The first-order valence-electron chi connectivity index (χ1n) is 9.26. The highest BCUT2D eigenvalue weighted by atomic mass is 16.7. The minimum Gasteiger partial charge on any atom is -0.426 e. The van der Waals surface area contributed by atoms with E-state index in [4.69, 9.17) is 18.9 Å². The summed E-state index contributed by atoms with van der Waals surface area (Å²) in [6, 6.07) is 0. The summed E-state index contributed by atoms with van der Waals surface area (Å²) in [7, 11) is 0. The predicted molar refractivity (Wildman–Crippen MR) is 86.0 cm³/mol. The number of likely N-dealkylation sites (tertiary alicyclic amines) is 2. The Balaban J connectivity index is 1.37. The standard InChI is InChI=1S/C17H20N2O9/c20-11-1-2-12(21)18(11)15-9(5-7-25-15)27-17(24)28-10-6-8-26-16(10)19-13(22)3-4-14(19)23/h9-10,15-16H,1-8H2/t9-,10-,15-,16-/m0/s1. The SMILES string of the molecule is O=C(O[C@H]1CCO[C@@H]1N1C(=O)CCC1=O)O[C@H]1CCO[C@@H]1N1C(=O)CCC1=O. The number of imide groups is 2. The second-order valence-corrected chi connectivity index (χ2v) is 6.98. The molecule has 0 aromatic heterocycles. The average Bonchev–Trinajstić information content (AvgIpc) is 3.40. The molecule has 0 spiro atoms. The highest BCUT2D eigenvalue weighted by molar-refractivity contribution is 6.02. The van der Waals surface area contributed by atoms with E-state index in [1.165, 1.54) is 0 Å². The molecule has 152 valence electrons. The van der Waals surface area contributed by atoms with E-state index < -0.39 is 30.8 Å². The number of ether oxygens (including phenoxy) is 4. The molecule has 4 saturated heterocycles. The second kappa shape index (κ2) is 7.47. The van der Waals surface area contributed by atoms with Crippen LogP contribution in [-0.4, -0.2) is 77.5 Å². The van der Waals surface area contributed by atoms with E-state index in [0.717, 1.165) is 9.80 Å². The van der Waals surface area contributed by atoms with E-state index in [-0.39, 0.29) is 62.5 Å². The van der Waals surface area contributed by atoms with E-state index in [2.05, 4.69) is 0 Å². The van der Waals surface area contributed by atoms with E-state index in [1.807, 2.05) is 0 Å². The third-order valence-corrected chi connectivity index (χ3v) is 5.20. The van der Waals surface area contributed by atoms with Gasteiger partial charge in [-0.15, -0.1) is 0 Å². The molecule has 11 heteroatoms. The van der Waals surface area contributed by atoms with E-state index in [9.17, 15) is 24.0 Å². The van der Waals surface area contributed by atoms with Crippen LogP contribution in [0, 0.1) is 0 Å². The van der Waals surface area contributed by atoms with Crippen molar-refractivity contribution in [3.8, 4) is 0 Å². The third-order valence-electron chi connectivity index (χ3n) is 5.20. The molecule has 0 saturated carbocycles. The zero-order chi connectivity index (χ0) is 19.8. The van der Waals surface area contributed by atoms with Gasteiger partial charge in [0.05, 0.1) is 13.2 Å². The number of rotatable bonds is 4. The Kier molecular flexibility index (Phi) is 5.02. The number of nitrogens with zero attached hydrogens (tertiary/aromatic N) is 2. The molecule has 4 aliphatic heterocycles. The van der Waals surface area contributed by atoms with Gasteiger partial charge in [-0.1, -0.05) is 0 Å². The fraction of sp³-hybridized carbons (Fsp3) is 0.706. The number of hydrogen-bond acceptors (Lipinski definition) is 9. The molecule has 4 atom stereocenters. The molecule has 0 aromatic rings. The zero-order valence-corrected chi connectivity index (χ0v) is 15.0. The third kappa shape index (κ3) is 3.35. The minimum absolute atomic E-state index is 0.106. The number of carbonyl (C=O) groups excluding carboxylic acids is 5. The summed E-state index contributed by atoms with van der Waals surface area (Å²) in [6.45, 7) is 0.456. The van der Waals surface area contributed by atoms with Gasteiger partial charge >= 0.3 is 6.16 Å². The highest BCUT2D eigenvalue weighted by Gasteiger charge is 2.47. The van der Waals surface area contributed by atoms with E-state index >= 15 is 0 Å². The number of carbonyl (C=O) groups is 5. The molecule has 0 radical (unpaired) electrons. The van der Waals surface area contributed by atoms with Crippen LogP contribution in [0.3, 0.4) is 0 Å². The predicted octanol–water partition coefficient (Wildman–Crippen LogP) is -0.332. The lowest BCUT2D eigenvalue weighted by Crippen LogP contribution is -2.48. The quantitative estimate of drug-likeness (QED) is 0.463. The first-order valence-corrected chi connectivity index (χ1v) is 9.26. The Morgan fingerprint density at radius 2 is 1.07 bits per heavy atom. The summed E-state index contributed by atoms with van der Waals surface area (Å²) < 4.78 is 21.4. The number of amides is 4.